The molecule has 152 valence electrons. The Labute approximate surface area is 169 Å². The van der Waals surface area contributed by atoms with Crippen molar-refractivity contribution in [3.63, 3.8) is 0 Å². The van der Waals surface area contributed by atoms with Gasteiger partial charge < -0.3 is 10.3 Å². The molecule has 0 unspecified atom stereocenters. The number of amides is 1. The largest absolute Gasteiger partial charge is 0.334 e. The van der Waals surface area contributed by atoms with E-state index in [4.69, 9.17) is 0 Å². The van der Waals surface area contributed by atoms with Crippen LogP contribution < -0.4 is 10.0 Å². The number of nitrogens with one attached hydrogen (secondary N) is 3. The SMILES string of the molecule is O=C(Nc1ccc(S(=O)(=O)Nc2cc(F)cc(F)c2)cc1)c1nc2ccccc2[nH]1. The van der Waals surface area contributed by atoms with E-state index in [1.54, 1.807) is 18.2 Å². The van der Waals surface area contributed by atoms with Gasteiger partial charge in [0.1, 0.15) is 11.6 Å². The first-order chi connectivity index (χ1) is 14.3. The highest BCUT2D eigenvalue weighted by Crippen LogP contribution is 2.20. The van der Waals surface area contributed by atoms with Crippen LogP contribution in [-0.2, 0) is 10.0 Å². The summed E-state index contributed by atoms with van der Waals surface area (Å²) in [6.07, 6.45) is 0. The van der Waals surface area contributed by atoms with Gasteiger partial charge in [0.05, 0.1) is 21.6 Å². The van der Waals surface area contributed by atoms with E-state index in [1.807, 2.05) is 6.07 Å². The Kier molecular flexibility index (Phi) is 4.92. The predicted octanol–water partition coefficient (Wildman–Crippen LogP) is 3.89. The third-order valence-electron chi connectivity index (χ3n) is 4.14. The number of H-pyrrole nitrogens is 1. The van der Waals surface area contributed by atoms with Gasteiger partial charge in [-0.2, -0.15) is 0 Å². The molecule has 1 heterocycles. The molecule has 0 aliphatic rings. The van der Waals surface area contributed by atoms with E-state index in [0.717, 1.165) is 12.1 Å². The first kappa shape index (κ1) is 19.5. The summed E-state index contributed by atoms with van der Waals surface area (Å²) in [5.74, 6) is -2.19. The zero-order chi connectivity index (χ0) is 21.3. The van der Waals surface area contributed by atoms with Gasteiger partial charge in [0.15, 0.2) is 5.82 Å². The Hall–Kier alpha value is -3.79. The molecule has 0 spiro atoms. The second-order valence-electron chi connectivity index (χ2n) is 6.34. The number of benzene rings is 3. The molecular weight excluding hydrogens is 414 g/mol. The van der Waals surface area contributed by atoms with Crippen LogP contribution in [0.25, 0.3) is 11.0 Å². The average Bonchev–Trinajstić information content (AvgIpc) is 3.11. The number of fused-ring (bicyclic) bond motifs is 1. The lowest BCUT2D eigenvalue weighted by Crippen LogP contribution is -2.15. The van der Waals surface area contributed by atoms with Gasteiger partial charge >= 0.3 is 0 Å². The molecule has 3 aromatic carbocycles. The number of aromatic amines is 1. The Morgan fingerprint density at radius 3 is 2.23 bits per heavy atom. The van der Waals surface area contributed by atoms with Crippen molar-refractivity contribution in [2.75, 3.05) is 10.0 Å². The minimum Gasteiger partial charge on any atom is -0.334 e. The molecule has 10 heteroatoms. The van der Waals surface area contributed by atoms with Gasteiger partial charge in [-0.25, -0.2) is 22.2 Å². The zero-order valence-electron chi connectivity index (χ0n) is 15.2. The summed E-state index contributed by atoms with van der Waals surface area (Å²) < 4.78 is 53.5. The topological polar surface area (TPSA) is 104 Å². The number of imidazole rings is 1. The third kappa shape index (κ3) is 4.13. The smallest absolute Gasteiger partial charge is 0.291 e. The summed E-state index contributed by atoms with van der Waals surface area (Å²) in [6.45, 7) is 0. The minimum atomic E-state index is -4.08. The number of carbonyl (C=O) groups is 1. The van der Waals surface area contributed by atoms with E-state index in [2.05, 4.69) is 20.0 Å². The molecule has 0 radical (unpaired) electrons. The van der Waals surface area contributed by atoms with Crippen LogP contribution in [0.3, 0.4) is 0 Å². The van der Waals surface area contributed by atoms with Crippen molar-refractivity contribution in [2.24, 2.45) is 0 Å². The third-order valence-corrected chi connectivity index (χ3v) is 5.54. The molecule has 0 aliphatic heterocycles. The fourth-order valence-corrected chi connectivity index (χ4v) is 3.84. The lowest BCUT2D eigenvalue weighted by atomic mass is 10.3. The number of sulfonamides is 1. The maximum absolute atomic E-state index is 13.3. The number of carbonyl (C=O) groups excluding carboxylic acids is 1. The number of aromatic nitrogens is 2. The number of rotatable bonds is 5. The molecular formula is C20H14F2N4O3S. The highest BCUT2D eigenvalue weighted by atomic mass is 32.2. The number of anilines is 2. The van der Waals surface area contributed by atoms with Crippen molar-refractivity contribution in [3.8, 4) is 0 Å². The molecule has 7 nitrogen and oxygen atoms in total. The molecule has 0 saturated heterocycles. The molecule has 3 N–H and O–H groups in total. The van der Waals surface area contributed by atoms with Crippen LogP contribution in [0, 0.1) is 11.6 Å². The average molecular weight is 428 g/mol. The summed E-state index contributed by atoms with van der Waals surface area (Å²) in [7, 11) is -4.08. The van der Waals surface area contributed by atoms with Crippen molar-refractivity contribution < 1.29 is 22.0 Å². The molecule has 1 aromatic heterocycles. The maximum Gasteiger partial charge on any atom is 0.291 e. The van der Waals surface area contributed by atoms with E-state index in [-0.39, 0.29) is 16.4 Å². The number of hydrogen-bond donors (Lipinski definition) is 3. The molecule has 0 saturated carbocycles. The van der Waals surface area contributed by atoms with E-state index < -0.39 is 27.6 Å². The number of para-hydroxylation sites is 2. The van der Waals surface area contributed by atoms with Crippen LogP contribution in [-0.4, -0.2) is 24.3 Å². The summed E-state index contributed by atoms with van der Waals surface area (Å²) in [5.41, 5.74) is 1.46. The normalized spacial score (nSPS) is 11.4. The van der Waals surface area contributed by atoms with Crippen LogP contribution in [0.1, 0.15) is 10.6 Å². The van der Waals surface area contributed by atoms with Gasteiger partial charge in [-0.15, -0.1) is 0 Å². The highest BCUT2D eigenvalue weighted by Gasteiger charge is 2.16. The quantitative estimate of drug-likeness (QED) is 0.449. The summed E-state index contributed by atoms with van der Waals surface area (Å²) in [6, 6.07) is 14.8. The number of hydrogen-bond acceptors (Lipinski definition) is 4. The van der Waals surface area contributed by atoms with Gasteiger partial charge in [0, 0.05) is 11.8 Å². The Bertz CT molecular complexity index is 1300. The summed E-state index contributed by atoms with van der Waals surface area (Å²) in [4.78, 5) is 19.3. The van der Waals surface area contributed by atoms with Gasteiger partial charge in [0.25, 0.3) is 15.9 Å². The number of nitrogens with zero attached hydrogens (tertiary/aromatic N) is 1. The second-order valence-corrected chi connectivity index (χ2v) is 8.03. The van der Waals surface area contributed by atoms with Gasteiger partial charge in [-0.3, -0.25) is 9.52 Å². The van der Waals surface area contributed by atoms with Crippen LogP contribution in [0.4, 0.5) is 20.2 Å². The van der Waals surface area contributed by atoms with Crippen LogP contribution in [0.5, 0.6) is 0 Å². The zero-order valence-corrected chi connectivity index (χ0v) is 16.0. The number of halogens is 2. The lowest BCUT2D eigenvalue weighted by molar-refractivity contribution is 0.101. The van der Waals surface area contributed by atoms with Crippen molar-refractivity contribution in [2.45, 2.75) is 4.90 Å². The molecule has 1 amide bonds. The maximum atomic E-state index is 13.3. The van der Waals surface area contributed by atoms with Crippen LogP contribution in [0.2, 0.25) is 0 Å². The van der Waals surface area contributed by atoms with Gasteiger partial charge in [-0.1, -0.05) is 12.1 Å². The Morgan fingerprint density at radius 1 is 0.900 bits per heavy atom. The molecule has 4 aromatic rings. The van der Waals surface area contributed by atoms with Gasteiger partial charge in [0.2, 0.25) is 0 Å². The fourth-order valence-electron chi connectivity index (χ4n) is 2.79. The monoisotopic (exact) mass is 428 g/mol. The van der Waals surface area contributed by atoms with E-state index in [0.29, 0.717) is 22.8 Å². The summed E-state index contributed by atoms with van der Waals surface area (Å²) >= 11 is 0. The fraction of sp³-hybridized carbons (Fsp3) is 0. The molecule has 30 heavy (non-hydrogen) atoms. The first-order valence-corrected chi connectivity index (χ1v) is 10.1. The van der Waals surface area contributed by atoms with Crippen LogP contribution >= 0.6 is 0 Å². The van der Waals surface area contributed by atoms with Crippen molar-refractivity contribution in [1.82, 2.24) is 9.97 Å². The lowest BCUT2D eigenvalue weighted by Gasteiger charge is -2.09. The van der Waals surface area contributed by atoms with Crippen molar-refractivity contribution in [3.05, 3.63) is 84.2 Å². The first-order valence-electron chi connectivity index (χ1n) is 8.65. The standard InChI is InChI=1S/C20H14F2N4O3S/c21-12-9-13(22)11-15(10-12)26-30(28,29)16-7-5-14(6-8-16)23-20(27)19-24-17-3-1-2-4-18(17)25-19/h1-11,26H,(H,23,27)(H,24,25). The summed E-state index contributed by atoms with van der Waals surface area (Å²) in [5, 5.41) is 2.62. The molecule has 0 bridgehead atoms. The molecule has 0 aliphatic carbocycles. The second kappa shape index (κ2) is 7.56. The van der Waals surface area contributed by atoms with Crippen molar-refractivity contribution >= 4 is 38.3 Å². The van der Waals surface area contributed by atoms with E-state index >= 15 is 0 Å². The van der Waals surface area contributed by atoms with Gasteiger partial charge in [-0.05, 0) is 48.5 Å². The molecule has 0 fully saturated rings. The minimum absolute atomic E-state index is 0.114. The highest BCUT2D eigenvalue weighted by molar-refractivity contribution is 7.92. The molecule has 0 atom stereocenters. The van der Waals surface area contributed by atoms with Crippen LogP contribution in [0.15, 0.2) is 71.6 Å². The van der Waals surface area contributed by atoms with Crippen molar-refractivity contribution in [1.29, 1.82) is 0 Å². The Balaban J connectivity index is 1.49. The van der Waals surface area contributed by atoms with E-state index in [1.165, 1.54) is 24.3 Å². The predicted molar refractivity (Wildman–Crippen MR) is 108 cm³/mol. The molecule has 4 rings (SSSR count). The van der Waals surface area contributed by atoms with E-state index in [9.17, 15) is 22.0 Å². The Morgan fingerprint density at radius 2 is 1.57 bits per heavy atom.